The number of aliphatic hydroxyl groups excluding tert-OH is 1. The Morgan fingerprint density at radius 1 is 0.882 bits per heavy atom. The maximum Gasteiger partial charge on any atom is 0.334 e. The molecule has 0 unspecified atom stereocenters. The van der Waals surface area contributed by atoms with Crippen molar-refractivity contribution < 1.29 is 14.6 Å². The molecule has 4 fully saturated rings. The Hall–Kier alpha value is -0.570. The molecule has 0 aliphatic heterocycles. The summed E-state index contributed by atoms with van der Waals surface area (Å²) in [7, 11) is 1.40. The Morgan fingerprint density at radius 2 is 1.47 bits per heavy atom. The van der Waals surface area contributed by atoms with E-state index < -0.39 is 12.1 Å². The smallest absolute Gasteiger partial charge is 0.334 e. The number of rotatable bonds is 4. The molecule has 0 bridgehead atoms. The lowest BCUT2D eigenvalue weighted by Crippen LogP contribution is -2.66. The molecule has 9 atom stereocenters. The van der Waals surface area contributed by atoms with Gasteiger partial charge >= 0.3 is 5.97 Å². The summed E-state index contributed by atoms with van der Waals surface area (Å²) >= 11 is 0. The minimum atomic E-state index is -1.01. The normalized spacial score (nSPS) is 50.9. The Labute approximate surface area is 210 Å². The van der Waals surface area contributed by atoms with Crippen LogP contribution in [0.1, 0.15) is 126 Å². The van der Waals surface area contributed by atoms with Gasteiger partial charge < -0.3 is 9.84 Å². The second kappa shape index (κ2) is 8.22. The highest BCUT2D eigenvalue weighted by Gasteiger charge is 2.69. The number of hydrogen-bond donors (Lipinski definition) is 1. The number of fused-ring (bicyclic) bond motifs is 5. The van der Waals surface area contributed by atoms with Gasteiger partial charge in [0.15, 0.2) is 6.10 Å². The van der Waals surface area contributed by atoms with E-state index in [-0.39, 0.29) is 10.8 Å². The van der Waals surface area contributed by atoms with E-state index in [0.29, 0.717) is 39.9 Å². The first-order chi connectivity index (χ1) is 15.6. The number of ether oxygens (including phenoxy) is 1. The zero-order valence-electron chi connectivity index (χ0n) is 23.9. The first kappa shape index (κ1) is 26.5. The third-order valence-electron chi connectivity index (χ3n) is 13.4. The van der Waals surface area contributed by atoms with Gasteiger partial charge in [-0.15, -0.1) is 0 Å². The summed E-state index contributed by atoms with van der Waals surface area (Å²) in [5, 5.41) is 10.8. The average Bonchev–Trinajstić information content (AvgIpc) is 2.78. The number of aliphatic hydroxyl groups is 1. The van der Waals surface area contributed by atoms with Crippen molar-refractivity contribution in [1.82, 2.24) is 0 Å². The van der Waals surface area contributed by atoms with Crippen LogP contribution in [0.25, 0.3) is 0 Å². The number of carbonyl (C=O) groups is 1. The predicted molar refractivity (Wildman–Crippen MR) is 139 cm³/mol. The molecule has 3 nitrogen and oxygen atoms in total. The number of hydrogen-bond acceptors (Lipinski definition) is 3. The highest BCUT2D eigenvalue weighted by molar-refractivity contribution is 5.74. The highest BCUT2D eigenvalue weighted by Crippen LogP contribution is 2.77. The molecule has 4 aliphatic rings. The van der Waals surface area contributed by atoms with Crippen LogP contribution < -0.4 is 0 Å². The van der Waals surface area contributed by atoms with Gasteiger partial charge in [-0.25, -0.2) is 4.79 Å². The van der Waals surface area contributed by atoms with Crippen molar-refractivity contribution in [3.05, 3.63) is 0 Å². The maximum absolute atomic E-state index is 12.3. The van der Waals surface area contributed by atoms with Gasteiger partial charge in [-0.2, -0.15) is 0 Å². The van der Waals surface area contributed by atoms with Gasteiger partial charge in [0.05, 0.1) is 7.11 Å². The summed E-state index contributed by atoms with van der Waals surface area (Å²) in [5.74, 6) is 1.33. The van der Waals surface area contributed by atoms with Crippen LogP contribution in [-0.2, 0) is 9.53 Å². The van der Waals surface area contributed by atoms with E-state index in [0.717, 1.165) is 12.3 Å². The van der Waals surface area contributed by atoms with Crippen molar-refractivity contribution in [3.8, 4) is 0 Å². The van der Waals surface area contributed by atoms with E-state index in [9.17, 15) is 9.90 Å². The lowest BCUT2D eigenvalue weighted by Gasteiger charge is -2.74. The molecule has 0 aromatic carbocycles. The maximum atomic E-state index is 12.3. The SMILES string of the molecule is CC[C@@]1(C)CC[C@H]2[C@@](C)(CC[C@@]3(C)[C@@H]4CC(C)(C)CC[C@]4(C)CC[C@]23C)[C@@H]1C[C@H](O)C(=O)OC. The molecule has 0 saturated heterocycles. The molecule has 4 aliphatic carbocycles. The Balaban J connectivity index is 1.74. The molecule has 196 valence electrons. The molecular weight excluding hydrogens is 420 g/mol. The highest BCUT2D eigenvalue weighted by atomic mass is 16.5. The van der Waals surface area contributed by atoms with Crippen molar-refractivity contribution >= 4 is 5.97 Å². The molecule has 0 aromatic heterocycles. The largest absolute Gasteiger partial charge is 0.467 e. The van der Waals surface area contributed by atoms with E-state index in [4.69, 9.17) is 4.74 Å². The van der Waals surface area contributed by atoms with Crippen LogP contribution in [-0.4, -0.2) is 24.3 Å². The Morgan fingerprint density at radius 3 is 2.09 bits per heavy atom. The van der Waals surface area contributed by atoms with Gasteiger partial charge in [0.1, 0.15) is 0 Å². The average molecular weight is 475 g/mol. The van der Waals surface area contributed by atoms with Gasteiger partial charge in [0.25, 0.3) is 0 Å². The molecule has 0 aromatic rings. The van der Waals surface area contributed by atoms with E-state index in [2.05, 4.69) is 55.4 Å². The van der Waals surface area contributed by atoms with Gasteiger partial charge in [0.2, 0.25) is 0 Å². The van der Waals surface area contributed by atoms with Gasteiger partial charge in [-0.1, -0.05) is 61.8 Å². The molecule has 0 spiro atoms. The fourth-order valence-corrected chi connectivity index (χ4v) is 10.6. The van der Waals surface area contributed by atoms with Crippen LogP contribution in [0.4, 0.5) is 0 Å². The molecule has 0 heterocycles. The van der Waals surface area contributed by atoms with Crippen LogP contribution in [0.15, 0.2) is 0 Å². The zero-order valence-corrected chi connectivity index (χ0v) is 23.9. The number of methoxy groups -OCH3 is 1. The minimum absolute atomic E-state index is 0.157. The summed E-state index contributed by atoms with van der Waals surface area (Å²) in [6.45, 7) is 20.3. The summed E-state index contributed by atoms with van der Waals surface area (Å²) in [6, 6.07) is 0. The van der Waals surface area contributed by atoms with E-state index >= 15 is 0 Å². The van der Waals surface area contributed by atoms with Crippen LogP contribution in [0.5, 0.6) is 0 Å². The molecule has 0 radical (unpaired) electrons. The summed E-state index contributed by atoms with van der Waals surface area (Å²) in [4.78, 5) is 12.3. The van der Waals surface area contributed by atoms with Gasteiger partial charge in [0, 0.05) is 0 Å². The second-order valence-corrected chi connectivity index (χ2v) is 15.3. The minimum Gasteiger partial charge on any atom is -0.467 e. The fraction of sp³-hybridized carbons (Fsp3) is 0.968. The van der Waals surface area contributed by atoms with Gasteiger partial charge in [-0.3, -0.25) is 0 Å². The molecule has 4 saturated carbocycles. The zero-order chi connectivity index (χ0) is 25.4. The standard InChI is InChI=1S/C31H54O3/c1-10-27(4)12-11-22-29(6,23(27)19-21(32)25(33)34-9)16-18-31(8)24-20-26(2,3)13-14-28(24,5)15-17-30(22,31)7/h21-24,32H,10-20H2,1-9H3/t21-,22-,23+,24+,27-,28+,29+,30+,31-/m0/s1. The molecule has 34 heavy (non-hydrogen) atoms. The first-order valence-electron chi connectivity index (χ1n) is 14.4. The third-order valence-corrected chi connectivity index (χ3v) is 13.4. The first-order valence-corrected chi connectivity index (χ1v) is 14.4. The lowest BCUT2D eigenvalue weighted by atomic mass is 9.31. The Bertz CT molecular complexity index is 804. The topological polar surface area (TPSA) is 46.5 Å². The van der Waals surface area contributed by atoms with Crippen molar-refractivity contribution in [2.45, 2.75) is 132 Å². The van der Waals surface area contributed by atoms with E-state index in [1.54, 1.807) is 0 Å². The van der Waals surface area contributed by atoms with Gasteiger partial charge in [-0.05, 0) is 114 Å². The van der Waals surface area contributed by atoms with Crippen LogP contribution in [0.2, 0.25) is 0 Å². The van der Waals surface area contributed by atoms with Crippen molar-refractivity contribution in [2.24, 2.45) is 50.2 Å². The lowest BCUT2D eigenvalue weighted by molar-refractivity contribution is -0.253. The fourth-order valence-electron chi connectivity index (χ4n) is 10.6. The second-order valence-electron chi connectivity index (χ2n) is 15.3. The summed E-state index contributed by atoms with van der Waals surface area (Å²) in [6.07, 6.45) is 12.5. The molecule has 0 amide bonds. The summed E-state index contributed by atoms with van der Waals surface area (Å²) < 4.78 is 4.95. The van der Waals surface area contributed by atoms with Crippen molar-refractivity contribution in [1.29, 1.82) is 0 Å². The Kier molecular flexibility index (Phi) is 6.40. The number of carbonyl (C=O) groups excluding carboxylic acids is 1. The van der Waals surface area contributed by atoms with Crippen molar-refractivity contribution in [3.63, 3.8) is 0 Å². The third kappa shape index (κ3) is 3.64. The van der Waals surface area contributed by atoms with Crippen LogP contribution in [0.3, 0.4) is 0 Å². The predicted octanol–water partition coefficient (Wildman–Crippen LogP) is 7.79. The van der Waals surface area contributed by atoms with E-state index in [1.807, 2.05) is 0 Å². The summed E-state index contributed by atoms with van der Waals surface area (Å²) in [5.41, 5.74) is 1.95. The quantitative estimate of drug-likeness (QED) is 0.423. The van der Waals surface area contributed by atoms with Crippen LogP contribution >= 0.6 is 0 Å². The van der Waals surface area contributed by atoms with Crippen molar-refractivity contribution in [2.75, 3.05) is 7.11 Å². The molecule has 3 heteroatoms. The monoisotopic (exact) mass is 474 g/mol. The molecule has 4 rings (SSSR count). The molecule has 1 N–H and O–H groups in total. The van der Waals surface area contributed by atoms with E-state index in [1.165, 1.54) is 64.9 Å². The van der Waals surface area contributed by atoms with Crippen LogP contribution in [0, 0.1) is 50.2 Å². The molecular formula is C31H54O3. The number of esters is 1.